The van der Waals surface area contributed by atoms with Crippen molar-refractivity contribution >= 4 is 5.82 Å². The molecule has 2 rings (SSSR count). The molecule has 1 N–H and O–H groups in total. The summed E-state index contributed by atoms with van der Waals surface area (Å²) in [5.41, 5.74) is -0.174. The third-order valence-corrected chi connectivity index (χ3v) is 2.86. The van der Waals surface area contributed by atoms with Crippen LogP contribution in [0, 0.1) is 0 Å². The highest BCUT2D eigenvalue weighted by Crippen LogP contribution is 2.28. The van der Waals surface area contributed by atoms with Crippen molar-refractivity contribution in [3.63, 3.8) is 0 Å². The predicted molar refractivity (Wildman–Crippen MR) is 72.3 cm³/mol. The van der Waals surface area contributed by atoms with E-state index < -0.39 is 11.9 Å². The molecule has 0 radical (unpaired) electrons. The third-order valence-electron chi connectivity index (χ3n) is 2.86. The van der Waals surface area contributed by atoms with Crippen LogP contribution in [-0.2, 0) is 12.6 Å². The Labute approximate surface area is 120 Å². The summed E-state index contributed by atoms with van der Waals surface area (Å²) in [4.78, 5) is 8.23. The monoisotopic (exact) mass is 299 g/mol. The molecule has 21 heavy (non-hydrogen) atoms. The van der Waals surface area contributed by atoms with Crippen molar-refractivity contribution in [1.29, 1.82) is 0 Å². The summed E-state index contributed by atoms with van der Waals surface area (Å²) in [6.07, 6.45) is -0.402. The van der Waals surface area contributed by atoms with Crippen molar-refractivity contribution in [2.45, 2.75) is 32.9 Å². The van der Waals surface area contributed by atoms with Crippen LogP contribution < -0.4 is 5.32 Å². The van der Waals surface area contributed by atoms with Crippen molar-refractivity contribution in [3.8, 4) is 5.82 Å². The van der Waals surface area contributed by atoms with Crippen molar-refractivity contribution < 1.29 is 13.2 Å². The molecule has 0 aliphatic carbocycles. The van der Waals surface area contributed by atoms with Gasteiger partial charge >= 0.3 is 6.18 Å². The molecule has 0 bridgehead atoms. The van der Waals surface area contributed by atoms with E-state index in [1.54, 1.807) is 0 Å². The highest BCUT2D eigenvalue weighted by Gasteiger charge is 2.34. The van der Waals surface area contributed by atoms with Crippen LogP contribution in [0.1, 0.15) is 31.5 Å². The van der Waals surface area contributed by atoms with Gasteiger partial charge in [0, 0.05) is 18.3 Å². The Morgan fingerprint density at radius 2 is 2.00 bits per heavy atom. The Bertz CT molecular complexity index is 606. The Balaban J connectivity index is 2.47. The highest BCUT2D eigenvalue weighted by molar-refractivity contribution is 5.51. The lowest BCUT2D eigenvalue weighted by Gasteiger charge is -2.13. The van der Waals surface area contributed by atoms with Crippen LogP contribution >= 0.6 is 0 Å². The second kappa shape index (κ2) is 6.11. The smallest absolute Gasteiger partial charge is 0.370 e. The van der Waals surface area contributed by atoms with Crippen LogP contribution in [0.2, 0.25) is 0 Å². The minimum atomic E-state index is -4.46. The van der Waals surface area contributed by atoms with Crippen LogP contribution in [0.25, 0.3) is 5.82 Å². The maximum absolute atomic E-state index is 12.6. The van der Waals surface area contributed by atoms with E-state index in [0.717, 1.165) is 22.7 Å². The van der Waals surface area contributed by atoms with Gasteiger partial charge in [0.1, 0.15) is 12.1 Å². The first-order valence-corrected chi connectivity index (χ1v) is 6.68. The summed E-state index contributed by atoms with van der Waals surface area (Å²) in [5, 5.41) is 6.66. The fourth-order valence-corrected chi connectivity index (χ4v) is 1.99. The first-order valence-electron chi connectivity index (χ1n) is 6.68. The normalized spacial score (nSPS) is 11.7. The first kappa shape index (κ1) is 15.3. The van der Waals surface area contributed by atoms with E-state index in [1.165, 1.54) is 12.5 Å². The van der Waals surface area contributed by atoms with Crippen LogP contribution in [0.5, 0.6) is 0 Å². The molecule has 0 saturated heterocycles. The number of halogens is 3. The summed E-state index contributed by atoms with van der Waals surface area (Å²) in [5.74, 6) is 1.01. The van der Waals surface area contributed by atoms with Crippen LogP contribution in [-0.4, -0.2) is 26.3 Å². The molecule has 2 aromatic heterocycles. The van der Waals surface area contributed by atoms with Gasteiger partial charge in [-0.3, -0.25) is 0 Å². The molecule has 2 aromatic rings. The van der Waals surface area contributed by atoms with Crippen molar-refractivity contribution in [2.75, 3.05) is 11.9 Å². The van der Waals surface area contributed by atoms with Crippen LogP contribution in [0.3, 0.4) is 0 Å². The molecule has 0 saturated carbocycles. The van der Waals surface area contributed by atoms with Gasteiger partial charge in [0.25, 0.3) is 0 Å². The minimum absolute atomic E-state index is 0.373. The van der Waals surface area contributed by atoms with Gasteiger partial charge in [0.15, 0.2) is 11.5 Å². The summed E-state index contributed by atoms with van der Waals surface area (Å²) >= 11 is 0. The molecule has 0 fully saturated rings. The van der Waals surface area contributed by atoms with E-state index in [-0.39, 0.29) is 0 Å². The van der Waals surface area contributed by atoms with Crippen molar-refractivity contribution in [1.82, 2.24) is 19.7 Å². The van der Waals surface area contributed by atoms with Gasteiger partial charge in [0.2, 0.25) is 0 Å². The molecule has 0 aliphatic rings. The zero-order valence-electron chi connectivity index (χ0n) is 11.8. The number of hydrogen-bond donors (Lipinski definition) is 1. The second-order valence-electron chi connectivity index (χ2n) is 4.45. The topological polar surface area (TPSA) is 55.6 Å². The number of aromatic nitrogens is 4. The highest BCUT2D eigenvalue weighted by atomic mass is 19.4. The zero-order chi connectivity index (χ0) is 15.5. The number of nitrogens with one attached hydrogen (secondary N) is 1. The molecule has 0 aliphatic heterocycles. The lowest BCUT2D eigenvalue weighted by Crippen LogP contribution is -2.12. The molecule has 0 spiro atoms. The summed E-state index contributed by atoms with van der Waals surface area (Å²) in [7, 11) is 0. The summed E-state index contributed by atoms with van der Waals surface area (Å²) in [6, 6.07) is 0.935. The SMILES string of the molecule is CCCc1c(NCC)ncnc1-n1ccc(C(F)(F)F)n1. The molecule has 114 valence electrons. The van der Waals surface area contributed by atoms with E-state index in [0.29, 0.717) is 24.6 Å². The quantitative estimate of drug-likeness (QED) is 0.922. The van der Waals surface area contributed by atoms with Gasteiger partial charge in [-0.2, -0.15) is 18.3 Å². The molecule has 5 nitrogen and oxygen atoms in total. The average Bonchev–Trinajstić information content (AvgIpc) is 2.90. The Hall–Kier alpha value is -2.12. The fourth-order valence-electron chi connectivity index (χ4n) is 1.99. The molecule has 0 amide bonds. The maximum atomic E-state index is 12.6. The summed E-state index contributed by atoms with van der Waals surface area (Å²) < 4.78 is 39.1. The first-order chi connectivity index (χ1) is 9.97. The maximum Gasteiger partial charge on any atom is 0.435 e. The van der Waals surface area contributed by atoms with E-state index >= 15 is 0 Å². The molecule has 8 heteroatoms. The average molecular weight is 299 g/mol. The van der Waals surface area contributed by atoms with E-state index in [9.17, 15) is 13.2 Å². The molecule has 0 unspecified atom stereocenters. The minimum Gasteiger partial charge on any atom is -0.370 e. The van der Waals surface area contributed by atoms with Crippen molar-refractivity contribution in [2.24, 2.45) is 0 Å². The van der Waals surface area contributed by atoms with Gasteiger partial charge in [0.05, 0.1) is 0 Å². The van der Waals surface area contributed by atoms with E-state index in [2.05, 4.69) is 20.4 Å². The lowest BCUT2D eigenvalue weighted by molar-refractivity contribution is -0.141. The molecule has 0 aromatic carbocycles. The Morgan fingerprint density at radius 1 is 1.24 bits per heavy atom. The van der Waals surface area contributed by atoms with Crippen LogP contribution in [0.4, 0.5) is 19.0 Å². The fraction of sp³-hybridized carbons (Fsp3) is 0.462. The van der Waals surface area contributed by atoms with E-state index in [4.69, 9.17) is 0 Å². The van der Waals surface area contributed by atoms with Gasteiger partial charge in [-0.05, 0) is 19.4 Å². The van der Waals surface area contributed by atoms with Gasteiger partial charge in [-0.15, -0.1) is 0 Å². The van der Waals surface area contributed by atoms with Gasteiger partial charge in [-0.1, -0.05) is 13.3 Å². The number of hydrogen-bond acceptors (Lipinski definition) is 4. The van der Waals surface area contributed by atoms with Crippen molar-refractivity contribution in [3.05, 3.63) is 29.8 Å². The molecular weight excluding hydrogens is 283 g/mol. The summed E-state index contributed by atoms with van der Waals surface area (Å²) in [6.45, 7) is 4.57. The lowest BCUT2D eigenvalue weighted by atomic mass is 10.1. The van der Waals surface area contributed by atoms with Gasteiger partial charge in [-0.25, -0.2) is 14.6 Å². The number of nitrogens with zero attached hydrogens (tertiary/aromatic N) is 4. The Kier molecular flexibility index (Phi) is 4.44. The number of rotatable bonds is 5. The Morgan fingerprint density at radius 3 is 2.57 bits per heavy atom. The van der Waals surface area contributed by atoms with Gasteiger partial charge < -0.3 is 5.32 Å². The predicted octanol–water partition coefficient (Wildman–Crippen LogP) is 3.07. The number of anilines is 1. The van der Waals surface area contributed by atoms with Crippen LogP contribution in [0.15, 0.2) is 18.6 Å². The standard InChI is InChI=1S/C13H16F3N5/c1-3-5-9-11(17-4-2)18-8-19-12(9)21-7-6-10(20-21)13(14,15)16/h6-8H,3-5H2,1-2H3,(H,17,18,19). The molecule has 2 heterocycles. The largest absolute Gasteiger partial charge is 0.435 e. The zero-order valence-corrected chi connectivity index (χ0v) is 11.8. The molecule has 0 atom stereocenters. The second-order valence-corrected chi connectivity index (χ2v) is 4.45. The van der Waals surface area contributed by atoms with E-state index in [1.807, 2.05) is 13.8 Å². The molecular formula is C13H16F3N5. The third kappa shape index (κ3) is 3.32. The number of alkyl halides is 3.